The lowest BCUT2D eigenvalue weighted by atomic mass is 10.2. The number of carbonyl (C=O) groups excluding carboxylic acids is 1. The maximum atomic E-state index is 11.8. The number of hydrogen-bond donors (Lipinski definition) is 1. The molecule has 0 bridgehead atoms. The highest BCUT2D eigenvalue weighted by Gasteiger charge is 2.14. The van der Waals surface area contributed by atoms with Gasteiger partial charge in [0, 0.05) is 11.8 Å². The summed E-state index contributed by atoms with van der Waals surface area (Å²) < 4.78 is 5.26. The molecular formula is C15H10ClN3O4. The molecule has 0 aliphatic heterocycles. The van der Waals surface area contributed by atoms with Gasteiger partial charge >= 0.3 is 0 Å². The van der Waals surface area contributed by atoms with Gasteiger partial charge in [0.15, 0.2) is 6.61 Å². The molecule has 2 aromatic carbocycles. The van der Waals surface area contributed by atoms with Gasteiger partial charge in [-0.05, 0) is 36.4 Å². The van der Waals surface area contributed by atoms with Gasteiger partial charge in [-0.15, -0.1) is 0 Å². The molecule has 2 aromatic rings. The van der Waals surface area contributed by atoms with Gasteiger partial charge in [-0.2, -0.15) is 5.26 Å². The van der Waals surface area contributed by atoms with E-state index in [0.717, 1.165) is 0 Å². The molecule has 8 heteroatoms. The van der Waals surface area contributed by atoms with Gasteiger partial charge < -0.3 is 10.1 Å². The highest BCUT2D eigenvalue weighted by atomic mass is 35.5. The third-order valence-corrected chi connectivity index (χ3v) is 3.10. The van der Waals surface area contributed by atoms with Crippen LogP contribution in [0.1, 0.15) is 5.56 Å². The molecule has 0 aromatic heterocycles. The number of hydrogen-bond acceptors (Lipinski definition) is 5. The Bertz CT molecular complexity index is 784. The third kappa shape index (κ3) is 4.43. The zero-order valence-electron chi connectivity index (χ0n) is 11.7. The largest absolute Gasteiger partial charge is 0.484 e. The zero-order valence-corrected chi connectivity index (χ0v) is 12.4. The molecule has 116 valence electrons. The van der Waals surface area contributed by atoms with Crippen molar-refractivity contribution in [2.75, 3.05) is 11.9 Å². The number of amides is 1. The van der Waals surface area contributed by atoms with Crippen molar-refractivity contribution < 1.29 is 14.5 Å². The van der Waals surface area contributed by atoms with Gasteiger partial charge in [0.2, 0.25) is 0 Å². The molecule has 0 aliphatic carbocycles. The molecule has 0 radical (unpaired) electrons. The predicted molar refractivity (Wildman–Crippen MR) is 83.4 cm³/mol. The minimum atomic E-state index is -0.634. The molecule has 0 atom stereocenters. The Hall–Kier alpha value is -3.11. The van der Waals surface area contributed by atoms with Crippen molar-refractivity contribution in [1.29, 1.82) is 5.26 Å². The van der Waals surface area contributed by atoms with Crippen LogP contribution in [0.15, 0.2) is 42.5 Å². The first-order valence-electron chi connectivity index (χ1n) is 6.36. The summed E-state index contributed by atoms with van der Waals surface area (Å²) in [6.45, 7) is -0.275. The lowest BCUT2D eigenvalue weighted by Gasteiger charge is -2.08. The number of anilines is 1. The molecule has 0 unspecified atom stereocenters. The van der Waals surface area contributed by atoms with E-state index in [2.05, 4.69) is 5.32 Å². The average Bonchev–Trinajstić information content (AvgIpc) is 2.55. The van der Waals surface area contributed by atoms with Crippen molar-refractivity contribution in [3.63, 3.8) is 0 Å². The quantitative estimate of drug-likeness (QED) is 0.669. The minimum Gasteiger partial charge on any atom is -0.484 e. The fourth-order valence-corrected chi connectivity index (χ4v) is 1.89. The number of nitro groups is 1. The summed E-state index contributed by atoms with van der Waals surface area (Å²) in [4.78, 5) is 21.9. The second kappa shape index (κ2) is 7.24. The summed E-state index contributed by atoms with van der Waals surface area (Å²) in [5.41, 5.74) is 0.433. The van der Waals surface area contributed by atoms with E-state index in [4.69, 9.17) is 21.6 Å². The Morgan fingerprint density at radius 3 is 2.61 bits per heavy atom. The lowest BCUT2D eigenvalue weighted by Crippen LogP contribution is -2.20. The van der Waals surface area contributed by atoms with Crippen molar-refractivity contribution >= 4 is 28.9 Å². The monoisotopic (exact) mass is 331 g/mol. The van der Waals surface area contributed by atoms with Gasteiger partial charge in [-0.25, -0.2) is 0 Å². The SMILES string of the molecule is N#Cc1ccc(OCC(=O)Nc2ccc(Cl)c([N+](=O)[O-])c2)cc1. The molecule has 0 fully saturated rings. The van der Waals surface area contributed by atoms with Crippen LogP contribution < -0.4 is 10.1 Å². The van der Waals surface area contributed by atoms with Crippen molar-refractivity contribution in [1.82, 2.24) is 0 Å². The van der Waals surface area contributed by atoms with Crippen molar-refractivity contribution in [3.05, 3.63) is 63.2 Å². The third-order valence-electron chi connectivity index (χ3n) is 2.78. The van der Waals surface area contributed by atoms with Gasteiger partial charge in [0.05, 0.1) is 16.6 Å². The van der Waals surface area contributed by atoms with E-state index in [1.54, 1.807) is 24.3 Å². The molecule has 0 saturated heterocycles. The molecule has 1 N–H and O–H groups in total. The predicted octanol–water partition coefficient (Wildman–Crippen LogP) is 3.14. The highest BCUT2D eigenvalue weighted by Crippen LogP contribution is 2.27. The number of nitro benzene ring substituents is 1. The van der Waals surface area contributed by atoms with E-state index < -0.39 is 10.8 Å². The normalized spacial score (nSPS) is 9.74. The van der Waals surface area contributed by atoms with Crippen LogP contribution in [0.3, 0.4) is 0 Å². The number of ether oxygens (including phenoxy) is 1. The molecule has 0 spiro atoms. The van der Waals surface area contributed by atoms with Gasteiger partial charge in [-0.3, -0.25) is 14.9 Å². The van der Waals surface area contributed by atoms with E-state index in [1.807, 2.05) is 6.07 Å². The lowest BCUT2D eigenvalue weighted by molar-refractivity contribution is -0.384. The summed E-state index contributed by atoms with van der Waals surface area (Å²) in [6.07, 6.45) is 0. The number of benzene rings is 2. The Labute approximate surface area is 136 Å². The number of carbonyl (C=O) groups is 1. The maximum absolute atomic E-state index is 11.8. The van der Waals surface area contributed by atoms with Crippen molar-refractivity contribution in [2.45, 2.75) is 0 Å². The Kier molecular flexibility index (Phi) is 5.12. The molecule has 0 heterocycles. The molecular weight excluding hydrogens is 322 g/mol. The minimum absolute atomic E-state index is 0.0122. The van der Waals surface area contributed by atoms with E-state index >= 15 is 0 Å². The van der Waals surface area contributed by atoms with E-state index in [1.165, 1.54) is 18.2 Å². The summed E-state index contributed by atoms with van der Waals surface area (Å²) >= 11 is 5.69. The first kappa shape index (κ1) is 16.3. The van der Waals surface area contributed by atoms with Crippen LogP contribution >= 0.6 is 11.6 Å². The van der Waals surface area contributed by atoms with Crippen LogP contribution in [0.25, 0.3) is 0 Å². The number of nitrogens with zero attached hydrogens (tertiary/aromatic N) is 2. The molecule has 0 aliphatic rings. The molecule has 7 nitrogen and oxygen atoms in total. The van der Waals surface area contributed by atoms with Crippen molar-refractivity contribution in [3.8, 4) is 11.8 Å². The maximum Gasteiger partial charge on any atom is 0.289 e. The van der Waals surface area contributed by atoms with E-state index in [0.29, 0.717) is 11.3 Å². The molecule has 2 rings (SSSR count). The smallest absolute Gasteiger partial charge is 0.289 e. The molecule has 1 amide bonds. The Morgan fingerprint density at radius 1 is 1.30 bits per heavy atom. The van der Waals surface area contributed by atoms with E-state index in [-0.39, 0.29) is 23.0 Å². The first-order valence-corrected chi connectivity index (χ1v) is 6.74. The topological polar surface area (TPSA) is 105 Å². The Morgan fingerprint density at radius 2 is 2.00 bits per heavy atom. The summed E-state index contributed by atoms with van der Waals surface area (Å²) in [7, 11) is 0. The number of halogens is 1. The number of nitriles is 1. The number of rotatable bonds is 5. The van der Waals surface area contributed by atoms with Crippen LogP contribution in [0, 0.1) is 21.4 Å². The Balaban J connectivity index is 1.95. The summed E-state index contributed by atoms with van der Waals surface area (Å²) in [5, 5.41) is 21.9. The fraction of sp³-hybridized carbons (Fsp3) is 0.0667. The summed E-state index contributed by atoms with van der Waals surface area (Å²) in [6, 6.07) is 12.2. The second-order valence-electron chi connectivity index (χ2n) is 4.40. The number of nitrogens with one attached hydrogen (secondary N) is 1. The van der Waals surface area contributed by atoms with Crippen molar-refractivity contribution in [2.24, 2.45) is 0 Å². The molecule has 23 heavy (non-hydrogen) atoms. The zero-order chi connectivity index (χ0) is 16.8. The standard InChI is InChI=1S/C15H10ClN3O4/c16-13-6-3-11(7-14(13)19(21)22)18-15(20)9-23-12-4-1-10(8-17)2-5-12/h1-7H,9H2,(H,18,20). The first-order chi connectivity index (χ1) is 11.0. The van der Waals surface area contributed by atoms with Crippen LogP contribution in [-0.2, 0) is 4.79 Å². The van der Waals surface area contributed by atoms with Gasteiger partial charge in [0.25, 0.3) is 11.6 Å². The van der Waals surface area contributed by atoms with Crippen LogP contribution in [0.5, 0.6) is 5.75 Å². The second-order valence-corrected chi connectivity index (χ2v) is 4.80. The van der Waals surface area contributed by atoms with Crippen LogP contribution in [0.4, 0.5) is 11.4 Å². The van der Waals surface area contributed by atoms with Crippen LogP contribution in [-0.4, -0.2) is 17.4 Å². The van der Waals surface area contributed by atoms with E-state index in [9.17, 15) is 14.9 Å². The highest BCUT2D eigenvalue weighted by molar-refractivity contribution is 6.32. The van der Waals surface area contributed by atoms with Gasteiger partial charge in [0.1, 0.15) is 10.8 Å². The molecule has 0 saturated carbocycles. The van der Waals surface area contributed by atoms with Gasteiger partial charge in [-0.1, -0.05) is 11.6 Å². The summed E-state index contributed by atoms with van der Waals surface area (Å²) in [5.74, 6) is -0.0489. The average molecular weight is 332 g/mol. The fourth-order valence-electron chi connectivity index (χ4n) is 1.70. The van der Waals surface area contributed by atoms with Crippen LogP contribution in [0.2, 0.25) is 5.02 Å².